The molecule has 0 aliphatic heterocycles. The highest BCUT2D eigenvalue weighted by Crippen LogP contribution is 2.18. The summed E-state index contributed by atoms with van der Waals surface area (Å²) < 4.78 is 25.7. The number of anilines is 1. The minimum Gasteiger partial charge on any atom is -0.381 e. The first-order valence-corrected chi connectivity index (χ1v) is 4.55. The van der Waals surface area contributed by atoms with Crippen molar-refractivity contribution in [3.63, 3.8) is 0 Å². The molecule has 1 rings (SSSR count). The van der Waals surface area contributed by atoms with Gasteiger partial charge in [-0.25, -0.2) is 8.78 Å². The van der Waals surface area contributed by atoms with Gasteiger partial charge in [0, 0.05) is 12.6 Å². The highest BCUT2D eigenvalue weighted by atomic mass is 19.1. The molecule has 0 fully saturated rings. The summed E-state index contributed by atoms with van der Waals surface area (Å²) in [5.41, 5.74) is -0.374. The topological polar surface area (TPSA) is 35.8 Å². The Bertz CT molecular complexity index is 394. The van der Waals surface area contributed by atoms with E-state index in [4.69, 9.17) is 5.26 Å². The largest absolute Gasteiger partial charge is 0.381 e. The maximum atomic E-state index is 13.1. The fraction of sp³-hybridized carbons (Fsp3) is 0.364. The van der Waals surface area contributed by atoms with Gasteiger partial charge in [-0.2, -0.15) is 5.26 Å². The Labute approximate surface area is 87.5 Å². The van der Waals surface area contributed by atoms with Crippen LogP contribution < -0.4 is 5.32 Å². The zero-order valence-corrected chi connectivity index (χ0v) is 8.64. The number of hydrogen-bond acceptors (Lipinski definition) is 2. The molecule has 1 aromatic rings. The van der Waals surface area contributed by atoms with Crippen molar-refractivity contribution in [3.05, 3.63) is 29.8 Å². The predicted molar refractivity (Wildman–Crippen MR) is 54.2 cm³/mol. The number of nitriles is 1. The van der Waals surface area contributed by atoms with Crippen LogP contribution in [0.4, 0.5) is 14.5 Å². The van der Waals surface area contributed by atoms with Crippen LogP contribution in [0, 0.1) is 28.4 Å². The van der Waals surface area contributed by atoms with E-state index < -0.39 is 17.0 Å². The molecule has 0 bridgehead atoms. The van der Waals surface area contributed by atoms with Crippen molar-refractivity contribution >= 4 is 5.69 Å². The van der Waals surface area contributed by atoms with Crippen molar-refractivity contribution in [1.29, 1.82) is 5.26 Å². The number of halogens is 2. The zero-order chi connectivity index (χ0) is 11.5. The van der Waals surface area contributed by atoms with E-state index in [2.05, 4.69) is 11.4 Å². The minimum atomic E-state index is -0.649. The molecule has 2 nitrogen and oxygen atoms in total. The van der Waals surface area contributed by atoms with Crippen molar-refractivity contribution in [2.45, 2.75) is 13.8 Å². The molecule has 15 heavy (non-hydrogen) atoms. The number of rotatable bonds is 3. The first-order chi connectivity index (χ1) is 6.94. The summed E-state index contributed by atoms with van der Waals surface area (Å²) >= 11 is 0. The number of nitrogens with zero attached hydrogens (tertiary/aromatic N) is 1. The van der Waals surface area contributed by atoms with Crippen LogP contribution in [0.15, 0.2) is 18.2 Å². The Balaban J connectivity index is 2.71. The van der Waals surface area contributed by atoms with Gasteiger partial charge in [0.25, 0.3) is 0 Å². The van der Waals surface area contributed by atoms with Crippen molar-refractivity contribution < 1.29 is 8.78 Å². The molecule has 0 radical (unpaired) electrons. The fourth-order valence-electron chi connectivity index (χ4n) is 0.989. The summed E-state index contributed by atoms with van der Waals surface area (Å²) in [6.07, 6.45) is 0. The van der Waals surface area contributed by atoms with Crippen molar-refractivity contribution in [1.82, 2.24) is 0 Å². The van der Waals surface area contributed by atoms with E-state index in [-0.39, 0.29) is 5.69 Å². The second-order valence-electron chi connectivity index (χ2n) is 3.97. The zero-order valence-electron chi connectivity index (χ0n) is 8.64. The van der Waals surface area contributed by atoms with Crippen LogP contribution >= 0.6 is 0 Å². The Kier molecular flexibility index (Phi) is 3.25. The molecule has 0 saturated heterocycles. The highest BCUT2D eigenvalue weighted by Gasteiger charge is 2.16. The van der Waals surface area contributed by atoms with Gasteiger partial charge in [0.1, 0.15) is 11.6 Å². The number of hydrogen-bond donors (Lipinski definition) is 1. The molecule has 0 spiro atoms. The average molecular weight is 210 g/mol. The lowest BCUT2D eigenvalue weighted by atomic mass is 9.96. The first kappa shape index (κ1) is 11.4. The van der Waals surface area contributed by atoms with E-state index in [9.17, 15) is 8.78 Å². The Morgan fingerprint density at radius 3 is 2.60 bits per heavy atom. The molecular weight excluding hydrogens is 198 g/mol. The van der Waals surface area contributed by atoms with Crippen LogP contribution in [0.3, 0.4) is 0 Å². The Hall–Kier alpha value is -1.63. The van der Waals surface area contributed by atoms with Gasteiger partial charge in [0.15, 0.2) is 0 Å². The van der Waals surface area contributed by atoms with Gasteiger partial charge >= 0.3 is 0 Å². The molecule has 0 aromatic heterocycles. The van der Waals surface area contributed by atoms with Gasteiger partial charge < -0.3 is 5.32 Å². The molecule has 0 aliphatic rings. The van der Waals surface area contributed by atoms with Crippen LogP contribution in [0.5, 0.6) is 0 Å². The van der Waals surface area contributed by atoms with Gasteiger partial charge in [-0.15, -0.1) is 0 Å². The van der Waals surface area contributed by atoms with Crippen LogP contribution in [0.2, 0.25) is 0 Å². The lowest BCUT2D eigenvalue weighted by Crippen LogP contribution is -2.21. The molecular formula is C11H12F2N2. The first-order valence-electron chi connectivity index (χ1n) is 4.55. The summed E-state index contributed by atoms with van der Waals surface area (Å²) in [7, 11) is 0. The fourth-order valence-corrected chi connectivity index (χ4v) is 0.989. The van der Waals surface area contributed by atoms with Crippen LogP contribution in [0.25, 0.3) is 0 Å². The second kappa shape index (κ2) is 4.26. The third-order valence-corrected chi connectivity index (χ3v) is 1.95. The predicted octanol–water partition coefficient (Wildman–Crippen LogP) is 2.93. The lowest BCUT2D eigenvalue weighted by molar-refractivity contribution is 0.524. The monoisotopic (exact) mass is 210 g/mol. The summed E-state index contributed by atoms with van der Waals surface area (Å²) in [6, 6.07) is 5.38. The Morgan fingerprint density at radius 1 is 1.40 bits per heavy atom. The van der Waals surface area contributed by atoms with E-state index >= 15 is 0 Å². The SMILES string of the molecule is CC(C)(C#N)CNc1ccc(F)cc1F. The molecule has 0 heterocycles. The normalized spacial score (nSPS) is 10.9. The van der Waals surface area contributed by atoms with Crippen molar-refractivity contribution in [2.24, 2.45) is 5.41 Å². The summed E-state index contributed by atoms with van der Waals surface area (Å²) in [4.78, 5) is 0. The van der Waals surface area contributed by atoms with Gasteiger partial charge in [-0.05, 0) is 26.0 Å². The van der Waals surface area contributed by atoms with Crippen molar-refractivity contribution in [3.8, 4) is 6.07 Å². The van der Waals surface area contributed by atoms with Crippen LogP contribution in [-0.4, -0.2) is 6.54 Å². The standard InChI is InChI=1S/C11H12F2N2/c1-11(2,6-14)7-15-10-4-3-8(12)5-9(10)13/h3-5,15H,7H2,1-2H3. The van der Waals surface area contributed by atoms with Crippen LogP contribution in [-0.2, 0) is 0 Å². The quantitative estimate of drug-likeness (QED) is 0.832. The third kappa shape index (κ3) is 3.21. The molecule has 4 heteroatoms. The molecule has 0 unspecified atom stereocenters. The average Bonchev–Trinajstić information content (AvgIpc) is 2.16. The summed E-state index contributed by atoms with van der Waals surface area (Å²) in [5.74, 6) is -1.26. The molecule has 80 valence electrons. The van der Waals surface area contributed by atoms with Crippen LogP contribution in [0.1, 0.15) is 13.8 Å². The maximum absolute atomic E-state index is 13.1. The van der Waals surface area contributed by atoms with E-state index in [1.54, 1.807) is 13.8 Å². The second-order valence-corrected chi connectivity index (χ2v) is 3.97. The molecule has 0 atom stereocenters. The van der Waals surface area contributed by atoms with Gasteiger partial charge in [0.05, 0.1) is 17.2 Å². The smallest absolute Gasteiger partial charge is 0.149 e. The number of nitrogens with one attached hydrogen (secondary N) is 1. The van der Waals surface area contributed by atoms with Gasteiger partial charge in [-0.3, -0.25) is 0 Å². The molecule has 1 N–H and O–H groups in total. The molecule has 1 aromatic carbocycles. The van der Waals surface area contributed by atoms with E-state index in [1.165, 1.54) is 12.1 Å². The van der Waals surface area contributed by atoms with E-state index in [0.717, 1.165) is 6.07 Å². The Morgan fingerprint density at radius 2 is 2.07 bits per heavy atom. The number of benzene rings is 1. The summed E-state index contributed by atoms with van der Waals surface area (Å²) in [6.45, 7) is 3.79. The third-order valence-electron chi connectivity index (χ3n) is 1.95. The molecule has 0 saturated carbocycles. The van der Waals surface area contributed by atoms with Crippen molar-refractivity contribution in [2.75, 3.05) is 11.9 Å². The summed E-state index contributed by atoms with van der Waals surface area (Å²) in [5, 5.41) is 11.5. The molecule has 0 aliphatic carbocycles. The van der Waals surface area contributed by atoms with E-state index in [0.29, 0.717) is 6.54 Å². The lowest BCUT2D eigenvalue weighted by Gasteiger charge is -2.17. The maximum Gasteiger partial charge on any atom is 0.149 e. The molecule has 0 amide bonds. The van der Waals surface area contributed by atoms with Gasteiger partial charge in [0.2, 0.25) is 0 Å². The highest BCUT2D eigenvalue weighted by molar-refractivity contribution is 5.45. The van der Waals surface area contributed by atoms with E-state index in [1.807, 2.05) is 0 Å². The minimum absolute atomic E-state index is 0.208. The van der Waals surface area contributed by atoms with Gasteiger partial charge in [-0.1, -0.05) is 0 Å².